The molecule has 1 heterocycles. The molecule has 0 aromatic rings. The number of ether oxygens (including phenoxy) is 2. The monoisotopic (exact) mass is 356 g/mol. The van der Waals surface area contributed by atoms with Crippen LogP contribution >= 0.6 is 0 Å². The van der Waals surface area contributed by atoms with E-state index in [-0.39, 0.29) is 11.9 Å². The molecule has 0 spiro atoms. The zero-order valence-corrected chi connectivity index (χ0v) is 16.4. The lowest BCUT2D eigenvalue weighted by molar-refractivity contribution is -0.146. The Morgan fingerprint density at radius 2 is 1.46 bits per heavy atom. The number of rotatable bonds is 5. The Hall–Kier alpha value is -1.30. The first-order valence-electron chi connectivity index (χ1n) is 9.24. The van der Waals surface area contributed by atoms with E-state index in [1.54, 1.807) is 0 Å². The highest BCUT2D eigenvalue weighted by atomic mass is 28.4. The maximum absolute atomic E-state index is 11.7. The summed E-state index contributed by atoms with van der Waals surface area (Å²) in [6, 6.07) is 3.18. The molecule has 1 rings (SSSR count). The number of cyclic esters (lactones) is 2. The third kappa shape index (κ3) is 7.51. The third-order valence-corrected chi connectivity index (χ3v) is 9.22. The van der Waals surface area contributed by atoms with Crippen molar-refractivity contribution in [2.75, 3.05) is 13.2 Å². The Kier molecular flexibility index (Phi) is 9.75. The molecule has 0 saturated heterocycles. The van der Waals surface area contributed by atoms with Crippen molar-refractivity contribution >= 4 is 20.3 Å². The largest absolute Gasteiger partial charge is 0.547 e. The second-order valence-corrected chi connectivity index (χ2v) is 10.9. The fourth-order valence-electron chi connectivity index (χ4n) is 2.78. The summed E-state index contributed by atoms with van der Waals surface area (Å²) in [7, 11) is -1.76. The van der Waals surface area contributed by atoms with Crippen LogP contribution in [0.2, 0.25) is 18.1 Å². The van der Waals surface area contributed by atoms with Crippen molar-refractivity contribution in [2.45, 2.75) is 77.4 Å². The molecule has 24 heavy (non-hydrogen) atoms. The first-order valence-corrected chi connectivity index (χ1v) is 11.8. The lowest BCUT2D eigenvalue weighted by Gasteiger charge is -2.30. The van der Waals surface area contributed by atoms with Gasteiger partial charge in [0.1, 0.15) is 0 Å². The van der Waals surface area contributed by atoms with Gasteiger partial charge in [-0.1, -0.05) is 20.8 Å². The van der Waals surface area contributed by atoms with Crippen LogP contribution in [-0.4, -0.2) is 33.5 Å². The van der Waals surface area contributed by atoms with Crippen LogP contribution in [0.1, 0.15) is 59.3 Å². The summed E-state index contributed by atoms with van der Waals surface area (Å²) < 4.78 is 16.9. The zero-order chi connectivity index (χ0) is 17.8. The average molecular weight is 357 g/mol. The predicted molar refractivity (Wildman–Crippen MR) is 96.0 cm³/mol. The summed E-state index contributed by atoms with van der Waals surface area (Å²) in [4.78, 5) is 23.3. The summed E-state index contributed by atoms with van der Waals surface area (Å²) in [5.74, 6) is 0.480. The van der Waals surface area contributed by atoms with E-state index < -0.39 is 8.32 Å². The Bertz CT molecular complexity index is 421. The van der Waals surface area contributed by atoms with E-state index in [1.807, 2.05) is 6.08 Å². The van der Waals surface area contributed by atoms with Crippen molar-refractivity contribution in [3.63, 3.8) is 0 Å². The van der Waals surface area contributed by atoms with Gasteiger partial charge in [0.25, 0.3) is 0 Å². The summed E-state index contributed by atoms with van der Waals surface area (Å²) >= 11 is 0. The lowest BCUT2D eigenvalue weighted by Crippen LogP contribution is -2.35. The Balaban J connectivity index is 2.74. The van der Waals surface area contributed by atoms with Crippen molar-refractivity contribution in [2.24, 2.45) is 0 Å². The zero-order valence-electron chi connectivity index (χ0n) is 15.4. The molecule has 0 atom stereocenters. The quantitative estimate of drug-likeness (QED) is 0.542. The molecule has 6 heteroatoms. The molecular formula is C18H32O5Si. The number of hydrogen-bond donors (Lipinski definition) is 0. The van der Waals surface area contributed by atoms with Gasteiger partial charge in [-0.05, 0) is 37.0 Å². The van der Waals surface area contributed by atoms with E-state index in [4.69, 9.17) is 13.9 Å². The van der Waals surface area contributed by atoms with Crippen LogP contribution in [0.4, 0.5) is 0 Å². The van der Waals surface area contributed by atoms with Crippen molar-refractivity contribution in [1.29, 1.82) is 0 Å². The molecule has 0 amide bonds. The molecule has 0 N–H and O–H groups in total. The molecule has 0 fully saturated rings. The van der Waals surface area contributed by atoms with E-state index in [9.17, 15) is 9.59 Å². The Morgan fingerprint density at radius 1 is 0.917 bits per heavy atom. The first-order chi connectivity index (χ1) is 11.5. The van der Waals surface area contributed by atoms with Crippen LogP contribution in [0.25, 0.3) is 0 Å². The van der Waals surface area contributed by atoms with Gasteiger partial charge in [-0.15, -0.1) is 0 Å². The highest BCUT2D eigenvalue weighted by molar-refractivity contribution is 6.73. The Labute approximate surface area is 146 Å². The van der Waals surface area contributed by atoms with Gasteiger partial charge in [-0.2, -0.15) is 0 Å². The fourth-order valence-corrected chi connectivity index (χ4v) is 5.46. The minimum atomic E-state index is -1.76. The molecule has 0 unspecified atom stereocenters. The van der Waals surface area contributed by atoms with Crippen LogP contribution in [0, 0.1) is 0 Å². The molecule has 1 aliphatic rings. The normalized spacial score (nSPS) is 21.0. The van der Waals surface area contributed by atoms with Gasteiger partial charge < -0.3 is 13.9 Å². The number of hydrogen-bond acceptors (Lipinski definition) is 5. The molecule has 0 saturated carbocycles. The van der Waals surface area contributed by atoms with Gasteiger partial charge in [-0.3, -0.25) is 9.59 Å². The van der Waals surface area contributed by atoms with Crippen molar-refractivity contribution in [3.05, 3.63) is 11.8 Å². The minimum absolute atomic E-state index is 0.198. The topological polar surface area (TPSA) is 61.8 Å². The van der Waals surface area contributed by atoms with Gasteiger partial charge in [0.05, 0.1) is 19.0 Å². The maximum atomic E-state index is 11.7. The highest BCUT2D eigenvalue weighted by Gasteiger charge is 2.31. The lowest BCUT2D eigenvalue weighted by atomic mass is 10.2. The highest BCUT2D eigenvalue weighted by Crippen LogP contribution is 2.26. The second kappa shape index (κ2) is 11.3. The van der Waals surface area contributed by atoms with Gasteiger partial charge >= 0.3 is 11.9 Å². The number of carbonyl (C=O) groups is 2. The van der Waals surface area contributed by atoms with Crippen LogP contribution < -0.4 is 0 Å². The van der Waals surface area contributed by atoms with Gasteiger partial charge in [0.15, 0.2) is 0 Å². The van der Waals surface area contributed by atoms with E-state index >= 15 is 0 Å². The molecule has 0 aromatic heterocycles. The van der Waals surface area contributed by atoms with Crippen molar-refractivity contribution < 1.29 is 23.5 Å². The minimum Gasteiger partial charge on any atom is -0.547 e. The summed E-state index contributed by atoms with van der Waals surface area (Å²) in [6.45, 7) is 7.29. The molecule has 0 radical (unpaired) electrons. The molecule has 1 aliphatic heterocycles. The Morgan fingerprint density at radius 3 is 2.00 bits per heavy atom. The van der Waals surface area contributed by atoms with E-state index in [0.717, 1.165) is 23.9 Å². The van der Waals surface area contributed by atoms with E-state index in [2.05, 4.69) is 20.8 Å². The number of carbonyl (C=O) groups excluding carboxylic acids is 2. The molecule has 5 nitrogen and oxygen atoms in total. The maximum Gasteiger partial charge on any atom is 0.305 e. The summed E-state index contributed by atoms with van der Waals surface area (Å²) in [6.07, 6.45) is 5.25. The molecule has 0 bridgehead atoms. The molecule has 0 aliphatic carbocycles. The van der Waals surface area contributed by atoms with Crippen LogP contribution in [0.5, 0.6) is 0 Å². The fraction of sp³-hybridized carbons (Fsp3) is 0.778. The molecular weight excluding hydrogens is 324 g/mol. The van der Waals surface area contributed by atoms with Gasteiger partial charge in [0.2, 0.25) is 8.32 Å². The first kappa shape index (κ1) is 20.7. The van der Waals surface area contributed by atoms with Crippen molar-refractivity contribution in [3.8, 4) is 0 Å². The summed E-state index contributed by atoms with van der Waals surface area (Å²) in [5, 5.41) is 0. The summed E-state index contributed by atoms with van der Waals surface area (Å²) in [5.41, 5.74) is 0. The van der Waals surface area contributed by atoms with Gasteiger partial charge in [-0.25, -0.2) is 0 Å². The van der Waals surface area contributed by atoms with Crippen molar-refractivity contribution in [1.82, 2.24) is 0 Å². The third-order valence-electron chi connectivity index (χ3n) is 4.66. The predicted octanol–water partition coefficient (Wildman–Crippen LogP) is 4.33. The van der Waals surface area contributed by atoms with E-state index in [0.29, 0.717) is 51.7 Å². The van der Waals surface area contributed by atoms with Crippen LogP contribution in [0.3, 0.4) is 0 Å². The average Bonchev–Trinajstić information content (AvgIpc) is 2.59. The van der Waals surface area contributed by atoms with Crippen LogP contribution in [0.15, 0.2) is 11.8 Å². The molecule has 0 aromatic carbocycles. The van der Waals surface area contributed by atoms with Gasteiger partial charge in [0, 0.05) is 25.7 Å². The van der Waals surface area contributed by atoms with E-state index in [1.165, 1.54) is 0 Å². The molecule has 138 valence electrons. The smallest absolute Gasteiger partial charge is 0.305 e. The van der Waals surface area contributed by atoms with Crippen LogP contribution in [-0.2, 0) is 23.5 Å². The number of esters is 2. The second-order valence-electron chi connectivity index (χ2n) is 6.20. The SMILES string of the molecule is CC[Si](CC)(CC)O/C1=C\CCOC(=O)CCCCC(=O)OCC1. The standard InChI is InChI=1S/C18H32O5Si/c1-4-24(5-2,6-3)23-16-10-9-14-21-17(19)11-7-8-12-18(20)22-15-13-16/h10H,4-9,11-15H2,1-3H3/b16-10-.